The van der Waals surface area contributed by atoms with Gasteiger partial charge in [0, 0.05) is 11.1 Å². The van der Waals surface area contributed by atoms with Gasteiger partial charge in [-0.3, -0.25) is 0 Å². The number of nitrogens with zero attached hydrogens (tertiary/aromatic N) is 2. The van der Waals surface area contributed by atoms with Gasteiger partial charge in [0.1, 0.15) is 18.1 Å². The quantitative estimate of drug-likeness (QED) is 0.181. The number of rotatable bonds is 7. The summed E-state index contributed by atoms with van der Waals surface area (Å²) in [5.74, 6) is 1.98. The Hall–Kier alpha value is -3.91. The van der Waals surface area contributed by atoms with Gasteiger partial charge in [-0.15, -0.1) is 0 Å². The van der Waals surface area contributed by atoms with E-state index in [2.05, 4.69) is 163 Å². The van der Waals surface area contributed by atoms with Gasteiger partial charge in [0.25, 0.3) is 5.82 Å². The first-order chi connectivity index (χ1) is 19.6. The summed E-state index contributed by atoms with van der Waals surface area (Å²) in [5.41, 5.74) is 14.4. The van der Waals surface area contributed by atoms with Crippen LogP contribution in [-0.4, -0.2) is 4.57 Å². The number of aromatic nitrogens is 2. The first kappa shape index (κ1) is 28.6. The molecular weight excluding hydrogens is 496 g/mol. The molecule has 0 bridgehead atoms. The van der Waals surface area contributed by atoms with Crippen LogP contribution >= 0.6 is 0 Å². The van der Waals surface area contributed by atoms with Crippen LogP contribution in [-0.2, 0) is 0 Å². The highest BCUT2D eigenvalue weighted by atomic mass is 15.2. The Morgan fingerprint density at radius 1 is 0.585 bits per heavy atom. The zero-order valence-electron chi connectivity index (χ0n) is 26.3. The number of aryl methyl sites for hydroxylation is 3. The first-order valence-corrected chi connectivity index (χ1v) is 15.1. The fourth-order valence-electron chi connectivity index (χ4n) is 6.19. The Kier molecular flexibility index (Phi) is 8.04. The molecule has 210 valence electrons. The normalized spacial score (nSPS) is 11.7. The molecule has 0 amide bonds. The van der Waals surface area contributed by atoms with Gasteiger partial charge in [0.15, 0.2) is 0 Å². The average molecular weight is 542 g/mol. The standard InChI is InChI=1S/C39H45N2/c1-25(2)34-23-33(31-16-11-10-12-17-31)24-35(26(3)4)38(34)41-21-20-40(27(5)6)39(41)36-22-32(19-18-28(36)7)37-29(8)14-13-15-30(37)9/h10-27H,1-9H3/q+1. The molecule has 1 aromatic heterocycles. The molecule has 0 radical (unpaired) electrons. The Bertz CT molecular complexity index is 1630. The Morgan fingerprint density at radius 3 is 1.76 bits per heavy atom. The van der Waals surface area contributed by atoms with E-state index in [-0.39, 0.29) is 0 Å². The van der Waals surface area contributed by atoms with E-state index in [9.17, 15) is 0 Å². The third-order valence-electron chi connectivity index (χ3n) is 8.41. The number of hydrogen-bond acceptors (Lipinski definition) is 0. The maximum absolute atomic E-state index is 2.48. The predicted molar refractivity (Wildman–Crippen MR) is 175 cm³/mol. The SMILES string of the molecule is Cc1ccc(-c2c(C)cccc2C)cc1-c1n(-c2c(C(C)C)cc(-c3ccccc3)cc2C(C)C)cc[n+]1C(C)C. The van der Waals surface area contributed by atoms with E-state index in [0.717, 1.165) is 0 Å². The molecule has 0 aliphatic rings. The largest absolute Gasteiger partial charge is 0.294 e. The second kappa shape index (κ2) is 11.5. The third-order valence-corrected chi connectivity index (χ3v) is 8.41. The lowest BCUT2D eigenvalue weighted by Gasteiger charge is -2.21. The fraction of sp³-hybridized carbons (Fsp3) is 0.308. The van der Waals surface area contributed by atoms with E-state index in [1.165, 1.54) is 67.1 Å². The van der Waals surface area contributed by atoms with Crippen molar-refractivity contribution in [2.75, 3.05) is 0 Å². The summed E-state index contributed by atoms with van der Waals surface area (Å²) in [7, 11) is 0. The number of imidazole rings is 1. The van der Waals surface area contributed by atoms with Crippen LogP contribution in [0.3, 0.4) is 0 Å². The van der Waals surface area contributed by atoms with E-state index in [1.807, 2.05) is 0 Å². The van der Waals surface area contributed by atoms with Gasteiger partial charge in [-0.25, -0.2) is 4.57 Å². The van der Waals surface area contributed by atoms with E-state index < -0.39 is 0 Å². The van der Waals surface area contributed by atoms with Crippen molar-refractivity contribution in [3.63, 3.8) is 0 Å². The molecule has 0 saturated heterocycles. The highest BCUT2D eigenvalue weighted by Crippen LogP contribution is 2.39. The molecule has 0 aliphatic carbocycles. The zero-order chi connectivity index (χ0) is 29.4. The third kappa shape index (κ3) is 5.40. The summed E-state index contributed by atoms with van der Waals surface area (Å²) >= 11 is 0. The molecule has 1 heterocycles. The molecule has 5 rings (SSSR count). The highest BCUT2D eigenvalue weighted by Gasteiger charge is 2.30. The molecule has 5 aromatic rings. The predicted octanol–water partition coefficient (Wildman–Crippen LogP) is 10.5. The van der Waals surface area contributed by atoms with Crippen LogP contribution in [0.2, 0.25) is 0 Å². The summed E-state index contributed by atoms with van der Waals surface area (Å²) in [6, 6.07) is 29.6. The molecule has 2 nitrogen and oxygen atoms in total. The van der Waals surface area contributed by atoms with Crippen LogP contribution in [0.4, 0.5) is 0 Å². The van der Waals surface area contributed by atoms with Crippen molar-refractivity contribution in [1.82, 2.24) is 4.57 Å². The van der Waals surface area contributed by atoms with Crippen LogP contribution in [0.15, 0.2) is 91.3 Å². The van der Waals surface area contributed by atoms with Crippen LogP contribution in [0, 0.1) is 20.8 Å². The zero-order valence-corrected chi connectivity index (χ0v) is 26.3. The molecular formula is C39H45N2+. The summed E-state index contributed by atoms with van der Waals surface area (Å²) in [5, 5.41) is 0. The van der Waals surface area contributed by atoms with Gasteiger partial charge in [-0.1, -0.05) is 88.4 Å². The van der Waals surface area contributed by atoms with E-state index >= 15 is 0 Å². The minimum atomic E-state index is 0.322. The molecule has 0 spiro atoms. The monoisotopic (exact) mass is 541 g/mol. The molecule has 2 heteroatoms. The first-order valence-electron chi connectivity index (χ1n) is 15.1. The van der Waals surface area contributed by atoms with Crippen LogP contribution in [0.1, 0.15) is 87.2 Å². The molecule has 0 saturated carbocycles. The van der Waals surface area contributed by atoms with Crippen molar-refractivity contribution in [3.8, 4) is 39.3 Å². The Labute approximate surface area is 247 Å². The van der Waals surface area contributed by atoms with E-state index in [4.69, 9.17) is 0 Å². The minimum absolute atomic E-state index is 0.322. The number of hydrogen-bond donors (Lipinski definition) is 0. The lowest BCUT2D eigenvalue weighted by atomic mass is 9.88. The molecule has 4 aromatic carbocycles. The molecule has 0 atom stereocenters. The molecule has 0 N–H and O–H groups in total. The van der Waals surface area contributed by atoms with Gasteiger partial charge >= 0.3 is 0 Å². The van der Waals surface area contributed by atoms with Crippen molar-refractivity contribution < 1.29 is 4.57 Å². The Balaban J connectivity index is 1.82. The van der Waals surface area contributed by atoms with Crippen molar-refractivity contribution in [2.45, 2.75) is 80.2 Å². The minimum Gasteiger partial charge on any atom is -0.227 e. The topological polar surface area (TPSA) is 8.81 Å². The van der Waals surface area contributed by atoms with Crippen molar-refractivity contribution in [3.05, 3.63) is 119 Å². The van der Waals surface area contributed by atoms with Crippen LogP contribution in [0.25, 0.3) is 39.3 Å². The summed E-state index contributed by atoms with van der Waals surface area (Å²) in [6.45, 7) is 20.5. The summed E-state index contributed by atoms with van der Waals surface area (Å²) < 4.78 is 4.92. The van der Waals surface area contributed by atoms with Gasteiger partial charge in [-0.2, -0.15) is 4.57 Å². The Morgan fingerprint density at radius 2 is 1.20 bits per heavy atom. The molecule has 0 aliphatic heterocycles. The van der Waals surface area contributed by atoms with Crippen molar-refractivity contribution in [2.24, 2.45) is 0 Å². The van der Waals surface area contributed by atoms with E-state index in [0.29, 0.717) is 17.9 Å². The van der Waals surface area contributed by atoms with Crippen molar-refractivity contribution >= 4 is 0 Å². The van der Waals surface area contributed by atoms with Gasteiger partial charge < -0.3 is 0 Å². The lowest BCUT2D eigenvalue weighted by molar-refractivity contribution is -0.704. The van der Waals surface area contributed by atoms with Crippen LogP contribution in [0.5, 0.6) is 0 Å². The second-order valence-corrected chi connectivity index (χ2v) is 12.5. The fourth-order valence-corrected chi connectivity index (χ4v) is 6.19. The summed E-state index contributed by atoms with van der Waals surface area (Å²) in [6.07, 6.45) is 4.56. The maximum Gasteiger partial charge on any atom is 0.294 e. The molecule has 41 heavy (non-hydrogen) atoms. The molecule has 0 fully saturated rings. The van der Waals surface area contributed by atoms with Crippen LogP contribution < -0.4 is 4.57 Å². The van der Waals surface area contributed by atoms with E-state index in [1.54, 1.807) is 0 Å². The lowest BCUT2D eigenvalue weighted by Crippen LogP contribution is -2.37. The van der Waals surface area contributed by atoms with Crippen molar-refractivity contribution in [1.29, 1.82) is 0 Å². The average Bonchev–Trinajstić information content (AvgIpc) is 3.38. The second-order valence-electron chi connectivity index (χ2n) is 12.5. The molecule has 0 unspecified atom stereocenters. The number of benzene rings is 4. The van der Waals surface area contributed by atoms with Gasteiger partial charge in [0.2, 0.25) is 0 Å². The highest BCUT2D eigenvalue weighted by molar-refractivity contribution is 5.77. The van der Waals surface area contributed by atoms with Gasteiger partial charge in [0.05, 0.1) is 11.6 Å². The maximum atomic E-state index is 2.48. The summed E-state index contributed by atoms with van der Waals surface area (Å²) in [4.78, 5) is 0. The smallest absolute Gasteiger partial charge is 0.227 e. The van der Waals surface area contributed by atoms with Gasteiger partial charge in [-0.05, 0) is 104 Å².